The van der Waals surface area contributed by atoms with E-state index in [-0.39, 0.29) is 0 Å². The maximum atomic E-state index is 8.05. The predicted molar refractivity (Wildman–Crippen MR) is 24.4 cm³/mol. The summed E-state index contributed by atoms with van der Waals surface area (Å²) in [6, 6.07) is 0. The van der Waals surface area contributed by atoms with Crippen LogP contribution in [0.3, 0.4) is 0 Å². The summed E-state index contributed by atoms with van der Waals surface area (Å²) in [6.45, 7) is 0. The van der Waals surface area contributed by atoms with Crippen LogP contribution < -0.4 is 0 Å². The Balaban J connectivity index is 2.05. The van der Waals surface area contributed by atoms with Gasteiger partial charge in [-0.25, -0.2) is 0 Å². The van der Waals surface area contributed by atoms with Gasteiger partial charge in [-0.15, -0.1) is 0 Å². The third-order valence-corrected chi connectivity index (χ3v) is 2.65. The van der Waals surface area contributed by atoms with Crippen LogP contribution in [-0.2, 0) is 0 Å². The van der Waals surface area contributed by atoms with Crippen molar-refractivity contribution in [1.82, 2.24) is 0 Å². The molecule has 2 heteroatoms. The summed E-state index contributed by atoms with van der Waals surface area (Å²) in [7, 11) is 0. The van der Waals surface area contributed by atoms with Crippen molar-refractivity contribution in [1.29, 1.82) is 5.26 Å². The molecule has 0 saturated heterocycles. The summed E-state index contributed by atoms with van der Waals surface area (Å²) < 4.78 is 0. The van der Waals surface area contributed by atoms with Gasteiger partial charge in [-0.05, 0) is 0 Å². The SMILES string of the molecule is N#C[Se]C1CC1. The normalized spacial score (nSPS) is 19.8. The Morgan fingerprint density at radius 1 is 1.67 bits per heavy atom. The van der Waals surface area contributed by atoms with Crippen molar-refractivity contribution in [2.24, 2.45) is 0 Å². The molecule has 0 bridgehead atoms. The molecule has 0 N–H and O–H groups in total. The van der Waals surface area contributed by atoms with E-state index in [1.54, 1.807) is 0 Å². The Morgan fingerprint density at radius 2 is 2.33 bits per heavy atom. The van der Waals surface area contributed by atoms with Gasteiger partial charge in [0.05, 0.1) is 0 Å². The van der Waals surface area contributed by atoms with Crippen molar-refractivity contribution in [3.8, 4) is 4.97 Å². The molecule has 1 rings (SSSR count). The second-order valence-corrected chi connectivity index (χ2v) is 3.68. The van der Waals surface area contributed by atoms with E-state index in [0.29, 0.717) is 15.0 Å². The third kappa shape index (κ3) is 1.01. The quantitative estimate of drug-likeness (QED) is 0.501. The fourth-order valence-corrected chi connectivity index (χ4v) is 1.35. The molecule has 0 aromatic rings. The van der Waals surface area contributed by atoms with Crippen LogP contribution in [0.2, 0.25) is 4.82 Å². The molecule has 0 radical (unpaired) electrons. The van der Waals surface area contributed by atoms with E-state index >= 15 is 0 Å². The molecule has 1 saturated carbocycles. The van der Waals surface area contributed by atoms with Gasteiger partial charge in [0, 0.05) is 0 Å². The van der Waals surface area contributed by atoms with Crippen molar-refractivity contribution in [3.05, 3.63) is 0 Å². The third-order valence-electron chi connectivity index (χ3n) is 0.744. The van der Waals surface area contributed by atoms with Gasteiger partial charge in [0.25, 0.3) is 0 Å². The Labute approximate surface area is 43.5 Å². The Kier molecular flexibility index (Phi) is 1.14. The first-order valence-corrected chi connectivity index (χ1v) is 3.83. The summed E-state index contributed by atoms with van der Waals surface area (Å²) in [5, 5.41) is 8.05. The van der Waals surface area contributed by atoms with E-state index in [1.807, 2.05) is 0 Å². The van der Waals surface area contributed by atoms with Gasteiger partial charge in [0.1, 0.15) is 0 Å². The van der Waals surface area contributed by atoms with Crippen LogP contribution in [0.25, 0.3) is 0 Å². The van der Waals surface area contributed by atoms with E-state index in [2.05, 4.69) is 4.97 Å². The first-order valence-electron chi connectivity index (χ1n) is 1.98. The van der Waals surface area contributed by atoms with Crippen LogP contribution in [-0.4, -0.2) is 15.0 Å². The van der Waals surface area contributed by atoms with Crippen molar-refractivity contribution in [2.75, 3.05) is 0 Å². The van der Waals surface area contributed by atoms with E-state index < -0.39 is 0 Å². The minimum atomic E-state index is 0.333. The van der Waals surface area contributed by atoms with Gasteiger partial charge >= 0.3 is 42.8 Å². The van der Waals surface area contributed by atoms with Gasteiger partial charge < -0.3 is 0 Å². The van der Waals surface area contributed by atoms with Crippen LogP contribution in [0, 0.1) is 10.2 Å². The van der Waals surface area contributed by atoms with Crippen molar-refractivity contribution >= 4 is 15.0 Å². The molecule has 1 aliphatic rings. The zero-order valence-corrected chi connectivity index (χ0v) is 5.06. The molecule has 6 heavy (non-hydrogen) atoms. The predicted octanol–water partition coefficient (Wildman–Crippen LogP) is 0.754. The molecule has 0 spiro atoms. The van der Waals surface area contributed by atoms with E-state index in [0.717, 1.165) is 4.82 Å². The van der Waals surface area contributed by atoms with Crippen LogP contribution >= 0.6 is 0 Å². The van der Waals surface area contributed by atoms with Gasteiger partial charge in [-0.1, -0.05) is 0 Å². The second kappa shape index (κ2) is 1.64. The fraction of sp³-hybridized carbons (Fsp3) is 0.750. The number of nitrogens with zero attached hydrogens (tertiary/aromatic N) is 1. The molecule has 1 nitrogen and oxygen atoms in total. The summed E-state index contributed by atoms with van der Waals surface area (Å²) in [5.41, 5.74) is 0. The van der Waals surface area contributed by atoms with Crippen LogP contribution in [0.15, 0.2) is 0 Å². The van der Waals surface area contributed by atoms with Crippen molar-refractivity contribution in [3.63, 3.8) is 0 Å². The summed E-state index contributed by atoms with van der Waals surface area (Å²) in [6.07, 6.45) is 2.65. The van der Waals surface area contributed by atoms with Crippen molar-refractivity contribution in [2.45, 2.75) is 17.7 Å². The molecule has 1 fully saturated rings. The molecule has 0 atom stereocenters. The standard InChI is InChI=1S/C4H5NSe/c5-3-6-4-1-2-4/h4H,1-2H2. The fourth-order valence-electron chi connectivity index (χ4n) is 0.260. The second-order valence-electron chi connectivity index (χ2n) is 1.41. The first kappa shape index (κ1) is 4.18. The number of hydrogen-bond acceptors (Lipinski definition) is 1. The number of hydrogen-bond donors (Lipinski definition) is 0. The monoisotopic (exact) mass is 147 g/mol. The Hall–Kier alpha value is 0.00948. The topological polar surface area (TPSA) is 23.8 Å². The van der Waals surface area contributed by atoms with E-state index in [9.17, 15) is 0 Å². The van der Waals surface area contributed by atoms with Crippen LogP contribution in [0.5, 0.6) is 0 Å². The molecule has 1 aliphatic carbocycles. The zero-order chi connectivity index (χ0) is 4.41. The van der Waals surface area contributed by atoms with E-state index in [1.165, 1.54) is 12.8 Å². The van der Waals surface area contributed by atoms with E-state index in [4.69, 9.17) is 5.26 Å². The molecule has 0 aromatic heterocycles. The first-order chi connectivity index (χ1) is 2.93. The molecule has 0 amide bonds. The molecule has 32 valence electrons. The Bertz CT molecular complexity index is 80.0. The number of rotatable bonds is 1. The minimum absolute atomic E-state index is 0.333. The molecule has 0 aliphatic heterocycles. The molecule has 0 aromatic carbocycles. The van der Waals surface area contributed by atoms with Gasteiger partial charge in [0.2, 0.25) is 0 Å². The van der Waals surface area contributed by atoms with Crippen molar-refractivity contribution < 1.29 is 0 Å². The average molecular weight is 146 g/mol. The number of nitriles is 1. The molecular formula is C4H5NSe. The average Bonchev–Trinajstić information content (AvgIpc) is 2.21. The summed E-state index contributed by atoms with van der Waals surface area (Å²) in [4.78, 5) is 3.04. The molecule has 0 heterocycles. The summed E-state index contributed by atoms with van der Waals surface area (Å²) >= 11 is 0.333. The Morgan fingerprint density at radius 3 is 2.50 bits per heavy atom. The van der Waals surface area contributed by atoms with Gasteiger partial charge in [0.15, 0.2) is 0 Å². The molecular weight excluding hydrogens is 141 g/mol. The maximum absolute atomic E-state index is 8.05. The zero-order valence-electron chi connectivity index (χ0n) is 3.35. The van der Waals surface area contributed by atoms with Crippen LogP contribution in [0.1, 0.15) is 12.8 Å². The molecule has 0 unspecified atom stereocenters. The van der Waals surface area contributed by atoms with Gasteiger partial charge in [-0.2, -0.15) is 0 Å². The van der Waals surface area contributed by atoms with Gasteiger partial charge in [-0.3, -0.25) is 0 Å². The summed E-state index contributed by atoms with van der Waals surface area (Å²) in [5.74, 6) is 0. The van der Waals surface area contributed by atoms with Crippen LogP contribution in [0.4, 0.5) is 0 Å².